The Morgan fingerprint density at radius 1 is 1.12 bits per heavy atom. The first-order valence-corrected chi connectivity index (χ1v) is 8.43. The zero-order valence-electron chi connectivity index (χ0n) is 13.7. The Morgan fingerprint density at radius 2 is 1.88 bits per heavy atom. The van der Waals surface area contributed by atoms with Crippen molar-refractivity contribution in [2.45, 2.75) is 37.7 Å². The Morgan fingerprint density at radius 3 is 2.71 bits per heavy atom. The van der Waals surface area contributed by atoms with Gasteiger partial charge in [0.15, 0.2) is 0 Å². The van der Waals surface area contributed by atoms with Crippen molar-refractivity contribution >= 4 is 5.91 Å². The lowest BCUT2D eigenvalue weighted by molar-refractivity contribution is -0.122. The molecule has 0 heterocycles. The molecule has 0 spiro atoms. The average Bonchev–Trinajstić information content (AvgIpc) is 2.60. The maximum absolute atomic E-state index is 12.1. The van der Waals surface area contributed by atoms with Crippen LogP contribution in [0.4, 0.5) is 0 Å². The van der Waals surface area contributed by atoms with E-state index in [0.717, 1.165) is 29.5 Å². The van der Waals surface area contributed by atoms with Crippen LogP contribution in [0.3, 0.4) is 0 Å². The predicted octanol–water partition coefficient (Wildman–Crippen LogP) is 2.67. The van der Waals surface area contributed by atoms with Crippen molar-refractivity contribution in [3.63, 3.8) is 0 Å². The van der Waals surface area contributed by atoms with E-state index in [-0.39, 0.29) is 24.6 Å². The van der Waals surface area contributed by atoms with Crippen LogP contribution < -0.4 is 5.32 Å². The number of hydrogen-bond donors (Lipinski definition) is 3. The van der Waals surface area contributed by atoms with E-state index in [9.17, 15) is 15.0 Å². The van der Waals surface area contributed by atoms with Crippen LogP contribution in [0.2, 0.25) is 0 Å². The van der Waals surface area contributed by atoms with Gasteiger partial charge in [0.1, 0.15) is 11.4 Å². The van der Waals surface area contributed by atoms with Crippen LogP contribution >= 0.6 is 0 Å². The quantitative estimate of drug-likeness (QED) is 0.791. The average molecular weight is 325 g/mol. The molecule has 0 aliphatic heterocycles. The van der Waals surface area contributed by atoms with E-state index >= 15 is 0 Å². The molecule has 2 aromatic carbocycles. The molecule has 1 unspecified atom stereocenters. The minimum Gasteiger partial charge on any atom is -0.508 e. The summed E-state index contributed by atoms with van der Waals surface area (Å²) in [6.07, 6.45) is 3.31. The largest absolute Gasteiger partial charge is 0.508 e. The maximum atomic E-state index is 12.1. The number of nitrogens with one attached hydrogen (secondary N) is 1. The van der Waals surface area contributed by atoms with E-state index in [1.54, 1.807) is 12.1 Å². The van der Waals surface area contributed by atoms with Crippen LogP contribution in [0.1, 0.15) is 36.0 Å². The van der Waals surface area contributed by atoms with E-state index in [1.807, 2.05) is 36.4 Å². The number of hydrogen-bond acceptors (Lipinski definition) is 3. The second-order valence-corrected chi connectivity index (χ2v) is 6.45. The Labute approximate surface area is 142 Å². The molecule has 0 saturated heterocycles. The maximum Gasteiger partial charge on any atom is 0.220 e. The molecule has 0 radical (unpaired) electrons. The standard InChI is InChI=1S/C20H23NO3/c22-18-10-4-2-7-16(18)11-12-19(23)21-14-20(24)13-5-8-15-6-1-3-9-17(15)20/h1-4,6-7,9-10,22,24H,5,8,11-14H2,(H,21,23). The molecule has 1 aliphatic carbocycles. The number of amides is 1. The lowest BCUT2D eigenvalue weighted by atomic mass is 9.79. The molecule has 0 fully saturated rings. The summed E-state index contributed by atoms with van der Waals surface area (Å²) >= 11 is 0. The van der Waals surface area contributed by atoms with Crippen LogP contribution in [0.15, 0.2) is 48.5 Å². The number of aryl methyl sites for hydroxylation is 2. The molecule has 0 bridgehead atoms. The number of carbonyl (C=O) groups is 1. The minimum atomic E-state index is -0.987. The Hall–Kier alpha value is -2.33. The number of fused-ring (bicyclic) bond motifs is 1. The third-order valence-corrected chi connectivity index (χ3v) is 4.75. The molecule has 1 aliphatic rings. The number of carbonyl (C=O) groups excluding carboxylic acids is 1. The second-order valence-electron chi connectivity index (χ2n) is 6.45. The molecule has 2 aromatic rings. The molecular weight excluding hydrogens is 302 g/mol. The van der Waals surface area contributed by atoms with Gasteiger partial charge in [-0.15, -0.1) is 0 Å². The molecule has 3 N–H and O–H groups in total. The van der Waals surface area contributed by atoms with Gasteiger partial charge in [-0.25, -0.2) is 0 Å². The summed E-state index contributed by atoms with van der Waals surface area (Å²) in [5, 5.41) is 23.5. The first-order chi connectivity index (χ1) is 11.6. The Bertz CT molecular complexity index is 728. The number of benzene rings is 2. The summed E-state index contributed by atoms with van der Waals surface area (Å²) < 4.78 is 0. The monoisotopic (exact) mass is 325 g/mol. The lowest BCUT2D eigenvalue weighted by Gasteiger charge is -2.34. The van der Waals surface area contributed by atoms with Crippen molar-refractivity contribution in [3.8, 4) is 5.75 Å². The summed E-state index contributed by atoms with van der Waals surface area (Å²) in [6.45, 7) is 0.226. The van der Waals surface area contributed by atoms with Crippen molar-refractivity contribution in [2.75, 3.05) is 6.54 Å². The fourth-order valence-corrected chi connectivity index (χ4v) is 3.39. The SMILES string of the molecule is O=C(CCc1ccccc1O)NCC1(O)CCCc2ccccc21. The number of aromatic hydroxyl groups is 1. The van der Waals surface area contributed by atoms with Crippen molar-refractivity contribution in [3.05, 3.63) is 65.2 Å². The van der Waals surface area contributed by atoms with Crippen LogP contribution in [-0.4, -0.2) is 22.7 Å². The van der Waals surface area contributed by atoms with Gasteiger partial charge in [-0.3, -0.25) is 4.79 Å². The van der Waals surface area contributed by atoms with Crippen LogP contribution in [0.5, 0.6) is 5.75 Å². The molecule has 24 heavy (non-hydrogen) atoms. The van der Waals surface area contributed by atoms with Gasteiger partial charge in [-0.1, -0.05) is 42.5 Å². The molecule has 4 heteroatoms. The summed E-state index contributed by atoms with van der Waals surface area (Å²) in [4.78, 5) is 12.1. The first kappa shape index (κ1) is 16.5. The molecule has 1 atom stereocenters. The predicted molar refractivity (Wildman–Crippen MR) is 92.7 cm³/mol. The summed E-state index contributed by atoms with van der Waals surface area (Å²) in [7, 11) is 0. The third-order valence-electron chi connectivity index (χ3n) is 4.75. The normalized spacial score (nSPS) is 19.5. The molecule has 3 rings (SSSR count). The van der Waals surface area contributed by atoms with Crippen molar-refractivity contribution in [1.29, 1.82) is 0 Å². The highest BCUT2D eigenvalue weighted by Crippen LogP contribution is 2.34. The fraction of sp³-hybridized carbons (Fsp3) is 0.350. The van der Waals surface area contributed by atoms with E-state index in [0.29, 0.717) is 12.8 Å². The van der Waals surface area contributed by atoms with E-state index in [1.165, 1.54) is 0 Å². The highest BCUT2D eigenvalue weighted by atomic mass is 16.3. The Kier molecular flexibility index (Phi) is 4.86. The van der Waals surface area contributed by atoms with Crippen LogP contribution in [0, 0.1) is 0 Å². The zero-order valence-corrected chi connectivity index (χ0v) is 13.7. The number of phenols is 1. The highest BCUT2D eigenvalue weighted by molar-refractivity contribution is 5.76. The van der Waals surface area contributed by atoms with Crippen molar-refractivity contribution in [2.24, 2.45) is 0 Å². The van der Waals surface area contributed by atoms with Gasteiger partial charge in [0.05, 0.1) is 6.54 Å². The van der Waals surface area contributed by atoms with Gasteiger partial charge in [0.25, 0.3) is 0 Å². The van der Waals surface area contributed by atoms with Gasteiger partial charge >= 0.3 is 0 Å². The van der Waals surface area contributed by atoms with E-state index in [4.69, 9.17) is 0 Å². The van der Waals surface area contributed by atoms with Crippen molar-refractivity contribution in [1.82, 2.24) is 5.32 Å². The minimum absolute atomic E-state index is 0.116. The molecule has 4 nitrogen and oxygen atoms in total. The van der Waals surface area contributed by atoms with Gasteiger partial charge in [-0.05, 0) is 48.4 Å². The zero-order chi connectivity index (χ0) is 17.0. The Balaban J connectivity index is 1.58. The highest BCUT2D eigenvalue weighted by Gasteiger charge is 2.34. The van der Waals surface area contributed by atoms with E-state index < -0.39 is 5.60 Å². The molecular formula is C20H23NO3. The lowest BCUT2D eigenvalue weighted by Crippen LogP contribution is -2.43. The summed E-state index contributed by atoms with van der Waals surface area (Å²) in [5.74, 6) is 0.0971. The molecule has 0 saturated carbocycles. The summed E-state index contributed by atoms with van der Waals surface area (Å²) in [5.41, 5.74) is 1.86. The number of rotatable bonds is 5. The first-order valence-electron chi connectivity index (χ1n) is 8.43. The second kappa shape index (κ2) is 7.05. The van der Waals surface area contributed by atoms with Crippen LogP contribution in [-0.2, 0) is 23.2 Å². The molecule has 126 valence electrons. The van der Waals surface area contributed by atoms with Crippen LogP contribution in [0.25, 0.3) is 0 Å². The summed E-state index contributed by atoms with van der Waals surface area (Å²) in [6, 6.07) is 14.9. The number of phenolic OH excluding ortho intramolecular Hbond substituents is 1. The van der Waals surface area contributed by atoms with Crippen molar-refractivity contribution < 1.29 is 15.0 Å². The molecule has 0 aromatic heterocycles. The van der Waals surface area contributed by atoms with Gasteiger partial charge in [0.2, 0.25) is 5.91 Å². The topological polar surface area (TPSA) is 69.6 Å². The molecule has 1 amide bonds. The fourth-order valence-electron chi connectivity index (χ4n) is 3.39. The van der Waals surface area contributed by atoms with Gasteiger partial charge in [-0.2, -0.15) is 0 Å². The van der Waals surface area contributed by atoms with Gasteiger partial charge < -0.3 is 15.5 Å². The number of para-hydroxylation sites is 1. The smallest absolute Gasteiger partial charge is 0.220 e. The number of aliphatic hydroxyl groups is 1. The van der Waals surface area contributed by atoms with E-state index in [2.05, 4.69) is 5.32 Å². The van der Waals surface area contributed by atoms with Gasteiger partial charge in [0, 0.05) is 6.42 Å². The third kappa shape index (κ3) is 3.60.